The molecular weight excluding hydrogens is 418 g/mol. The SMILES string of the molecule is Cc1n[nH]c2cc(Nc3nc(-c4ccc(C(C)(C)O)nc4)cc4ncn(C)c(=O)c34)ccc12. The number of nitrogens with one attached hydrogen (secondary N) is 2. The van der Waals surface area contributed by atoms with Gasteiger partial charge in [0.05, 0.1) is 34.4 Å². The summed E-state index contributed by atoms with van der Waals surface area (Å²) >= 11 is 0. The molecule has 33 heavy (non-hydrogen) atoms. The summed E-state index contributed by atoms with van der Waals surface area (Å²) in [5.74, 6) is 0.401. The average molecular weight is 441 g/mol. The smallest absolute Gasteiger partial charge is 0.264 e. The number of aromatic nitrogens is 6. The number of H-pyrrole nitrogens is 1. The van der Waals surface area contributed by atoms with Crippen LogP contribution in [0.2, 0.25) is 0 Å². The molecule has 0 saturated carbocycles. The fraction of sp³-hybridized carbons (Fsp3) is 0.208. The van der Waals surface area contributed by atoms with E-state index in [1.165, 1.54) is 10.9 Å². The maximum absolute atomic E-state index is 12.9. The largest absolute Gasteiger partial charge is 0.384 e. The molecule has 0 radical (unpaired) electrons. The summed E-state index contributed by atoms with van der Waals surface area (Å²) < 4.78 is 1.43. The van der Waals surface area contributed by atoms with Gasteiger partial charge in [-0.3, -0.25) is 14.9 Å². The van der Waals surface area contributed by atoms with Crippen molar-refractivity contribution < 1.29 is 5.11 Å². The van der Waals surface area contributed by atoms with Gasteiger partial charge in [0.2, 0.25) is 0 Å². The van der Waals surface area contributed by atoms with Crippen molar-refractivity contribution in [2.45, 2.75) is 26.4 Å². The fourth-order valence-electron chi connectivity index (χ4n) is 3.74. The van der Waals surface area contributed by atoms with Gasteiger partial charge in [0.1, 0.15) is 16.8 Å². The second-order valence-electron chi connectivity index (χ2n) is 8.60. The minimum Gasteiger partial charge on any atom is -0.384 e. The molecule has 9 heteroatoms. The second-order valence-corrected chi connectivity index (χ2v) is 8.60. The van der Waals surface area contributed by atoms with Crippen molar-refractivity contribution in [1.82, 2.24) is 29.7 Å². The number of benzene rings is 1. The van der Waals surface area contributed by atoms with Crippen LogP contribution in [0, 0.1) is 6.92 Å². The van der Waals surface area contributed by atoms with Crippen molar-refractivity contribution in [3.05, 3.63) is 70.7 Å². The molecule has 0 aliphatic carbocycles. The molecule has 4 aromatic heterocycles. The molecule has 0 aliphatic heterocycles. The number of aryl methyl sites for hydroxylation is 2. The third-order valence-corrected chi connectivity index (χ3v) is 5.61. The van der Waals surface area contributed by atoms with Crippen LogP contribution in [0.5, 0.6) is 0 Å². The Kier molecular flexibility index (Phi) is 4.71. The van der Waals surface area contributed by atoms with Gasteiger partial charge in [-0.1, -0.05) is 0 Å². The van der Waals surface area contributed by atoms with Gasteiger partial charge in [-0.15, -0.1) is 0 Å². The highest BCUT2D eigenvalue weighted by Crippen LogP contribution is 2.29. The predicted octanol–water partition coefficient (Wildman–Crippen LogP) is 3.55. The van der Waals surface area contributed by atoms with Crippen LogP contribution in [0.4, 0.5) is 11.5 Å². The number of hydrogen-bond acceptors (Lipinski definition) is 7. The molecule has 5 rings (SSSR count). The van der Waals surface area contributed by atoms with Gasteiger partial charge in [0.15, 0.2) is 0 Å². The molecule has 0 saturated heterocycles. The highest BCUT2D eigenvalue weighted by Gasteiger charge is 2.18. The molecule has 4 heterocycles. The molecule has 5 aromatic rings. The summed E-state index contributed by atoms with van der Waals surface area (Å²) in [5.41, 5.74) is 3.76. The third-order valence-electron chi connectivity index (χ3n) is 5.61. The van der Waals surface area contributed by atoms with Crippen LogP contribution in [-0.2, 0) is 12.6 Å². The zero-order valence-corrected chi connectivity index (χ0v) is 18.7. The summed E-state index contributed by atoms with van der Waals surface area (Å²) in [5, 5.41) is 22.2. The van der Waals surface area contributed by atoms with E-state index in [1.54, 1.807) is 39.2 Å². The number of anilines is 2. The van der Waals surface area contributed by atoms with Gasteiger partial charge in [0, 0.05) is 29.9 Å². The van der Waals surface area contributed by atoms with Crippen LogP contribution in [0.25, 0.3) is 33.1 Å². The van der Waals surface area contributed by atoms with Gasteiger partial charge >= 0.3 is 0 Å². The van der Waals surface area contributed by atoms with E-state index in [1.807, 2.05) is 31.2 Å². The van der Waals surface area contributed by atoms with E-state index in [0.717, 1.165) is 27.8 Å². The predicted molar refractivity (Wildman–Crippen MR) is 127 cm³/mol. The lowest BCUT2D eigenvalue weighted by Crippen LogP contribution is -2.19. The summed E-state index contributed by atoms with van der Waals surface area (Å²) in [6.45, 7) is 5.31. The van der Waals surface area contributed by atoms with E-state index >= 15 is 0 Å². The molecule has 0 unspecified atom stereocenters. The van der Waals surface area contributed by atoms with E-state index in [0.29, 0.717) is 28.1 Å². The van der Waals surface area contributed by atoms with Crippen molar-refractivity contribution in [2.24, 2.45) is 7.05 Å². The standard InChI is InChI=1S/C24H23N7O2/c1-13-16-7-6-15(9-18(16)30-29-13)27-22-21-19(26-12-31(4)23(21)32)10-17(28-22)14-5-8-20(25-11-14)24(2,3)33/h5-12,33H,1-4H3,(H,27,28)(H,29,30). The van der Waals surface area contributed by atoms with Crippen LogP contribution in [-0.4, -0.2) is 34.8 Å². The van der Waals surface area contributed by atoms with E-state index in [9.17, 15) is 9.90 Å². The zero-order chi connectivity index (χ0) is 23.3. The van der Waals surface area contributed by atoms with Crippen LogP contribution in [0.15, 0.2) is 53.7 Å². The van der Waals surface area contributed by atoms with Crippen molar-refractivity contribution in [3.63, 3.8) is 0 Å². The number of aliphatic hydroxyl groups is 1. The first kappa shape index (κ1) is 20.8. The normalized spacial score (nSPS) is 11.9. The number of rotatable bonds is 4. The molecule has 3 N–H and O–H groups in total. The second kappa shape index (κ2) is 7.49. The molecule has 0 aliphatic rings. The van der Waals surface area contributed by atoms with Gasteiger partial charge in [-0.05, 0) is 57.2 Å². The lowest BCUT2D eigenvalue weighted by Gasteiger charge is -2.16. The van der Waals surface area contributed by atoms with Crippen LogP contribution in [0.3, 0.4) is 0 Å². The summed E-state index contributed by atoms with van der Waals surface area (Å²) in [4.78, 5) is 26.5. The van der Waals surface area contributed by atoms with Gasteiger partial charge in [-0.25, -0.2) is 9.97 Å². The van der Waals surface area contributed by atoms with Crippen molar-refractivity contribution >= 4 is 33.3 Å². The van der Waals surface area contributed by atoms with E-state index < -0.39 is 5.60 Å². The van der Waals surface area contributed by atoms with E-state index in [-0.39, 0.29) is 5.56 Å². The number of fused-ring (bicyclic) bond motifs is 2. The summed E-state index contributed by atoms with van der Waals surface area (Å²) in [7, 11) is 1.66. The summed E-state index contributed by atoms with van der Waals surface area (Å²) in [6.07, 6.45) is 3.15. The Labute approximate surface area is 189 Å². The van der Waals surface area contributed by atoms with Gasteiger partial charge in [0.25, 0.3) is 5.56 Å². The molecule has 0 bridgehead atoms. The number of aromatic amines is 1. The quantitative estimate of drug-likeness (QED) is 0.390. The van der Waals surface area contributed by atoms with Crippen molar-refractivity contribution in [2.75, 3.05) is 5.32 Å². The first-order valence-electron chi connectivity index (χ1n) is 10.5. The van der Waals surface area contributed by atoms with Crippen LogP contribution < -0.4 is 10.9 Å². The number of nitrogens with zero attached hydrogens (tertiary/aromatic N) is 5. The maximum atomic E-state index is 12.9. The highest BCUT2D eigenvalue weighted by molar-refractivity contribution is 5.94. The molecule has 0 amide bonds. The Balaban J connectivity index is 1.65. The molecular formula is C24H23N7O2. The molecule has 1 aromatic carbocycles. The fourth-order valence-corrected chi connectivity index (χ4v) is 3.74. The maximum Gasteiger partial charge on any atom is 0.264 e. The zero-order valence-electron chi connectivity index (χ0n) is 18.7. The molecule has 166 valence electrons. The first-order valence-corrected chi connectivity index (χ1v) is 10.5. The lowest BCUT2D eigenvalue weighted by molar-refractivity contribution is 0.0739. The lowest BCUT2D eigenvalue weighted by atomic mass is 10.0. The highest BCUT2D eigenvalue weighted by atomic mass is 16.3. The monoisotopic (exact) mass is 441 g/mol. The van der Waals surface area contributed by atoms with Crippen LogP contribution in [0.1, 0.15) is 25.2 Å². The summed E-state index contributed by atoms with van der Waals surface area (Å²) in [6, 6.07) is 11.2. The Morgan fingerprint density at radius 3 is 2.67 bits per heavy atom. The average Bonchev–Trinajstić information content (AvgIpc) is 3.15. The molecule has 0 spiro atoms. The Bertz CT molecular complexity index is 1560. The molecule has 9 nitrogen and oxygen atoms in total. The van der Waals surface area contributed by atoms with Gasteiger partial charge in [-0.2, -0.15) is 5.10 Å². The minimum absolute atomic E-state index is 0.199. The Morgan fingerprint density at radius 2 is 1.94 bits per heavy atom. The van der Waals surface area contributed by atoms with Crippen LogP contribution >= 0.6 is 0 Å². The number of pyridine rings is 2. The number of hydrogen-bond donors (Lipinski definition) is 3. The Hall–Kier alpha value is -4.11. The van der Waals surface area contributed by atoms with Crippen molar-refractivity contribution in [1.29, 1.82) is 0 Å². The minimum atomic E-state index is -1.04. The Morgan fingerprint density at radius 1 is 1.12 bits per heavy atom. The van der Waals surface area contributed by atoms with Crippen molar-refractivity contribution in [3.8, 4) is 11.3 Å². The van der Waals surface area contributed by atoms with E-state index in [2.05, 4.69) is 25.5 Å². The first-order chi connectivity index (χ1) is 15.7. The molecule has 0 atom stereocenters. The molecule has 0 fully saturated rings. The van der Waals surface area contributed by atoms with E-state index in [4.69, 9.17) is 4.98 Å². The topological polar surface area (TPSA) is 122 Å². The van der Waals surface area contributed by atoms with Gasteiger partial charge < -0.3 is 15.0 Å². The third kappa shape index (κ3) is 3.72.